The van der Waals surface area contributed by atoms with Crippen LogP contribution >= 0.6 is 0 Å². The van der Waals surface area contributed by atoms with Crippen LogP contribution < -0.4 is 9.79 Å². The number of anilines is 1. The fraction of sp³-hybridized carbons (Fsp3) is 0.625. The van der Waals surface area contributed by atoms with Crippen LogP contribution in [-0.4, -0.2) is 45.0 Å². The topological polar surface area (TPSA) is 61.9 Å². The minimum absolute atomic E-state index is 0.170. The van der Waals surface area contributed by atoms with E-state index in [2.05, 4.69) is 5.32 Å². The highest BCUT2D eigenvalue weighted by Gasteiger charge is 2.34. The smallest absolute Gasteiger partial charge is 0.317 e. The van der Waals surface area contributed by atoms with Gasteiger partial charge in [0.2, 0.25) is 0 Å². The van der Waals surface area contributed by atoms with Crippen molar-refractivity contribution in [3.63, 3.8) is 0 Å². The van der Waals surface area contributed by atoms with E-state index in [0.29, 0.717) is 18.8 Å². The van der Waals surface area contributed by atoms with E-state index >= 15 is 0 Å². The van der Waals surface area contributed by atoms with Crippen molar-refractivity contribution in [3.05, 3.63) is 30.1 Å². The average Bonchev–Trinajstić information content (AvgIpc) is 2.62. The number of benzene rings is 1. The summed E-state index contributed by atoms with van der Waals surface area (Å²) >= 11 is 0. The first-order valence-electron chi connectivity index (χ1n) is 8.51. The van der Waals surface area contributed by atoms with Crippen molar-refractivity contribution in [2.75, 3.05) is 30.6 Å². The van der Waals surface area contributed by atoms with Gasteiger partial charge in [-0.2, -0.15) is 12.7 Å². The lowest BCUT2D eigenvalue weighted by Gasteiger charge is -2.35. The molecule has 2 heterocycles. The van der Waals surface area contributed by atoms with Crippen LogP contribution in [0.4, 0.5) is 10.1 Å². The zero-order valence-electron chi connectivity index (χ0n) is 13.7. The molecule has 0 aromatic heterocycles. The van der Waals surface area contributed by atoms with E-state index in [4.69, 9.17) is 4.84 Å². The van der Waals surface area contributed by atoms with Crippen LogP contribution in [0.25, 0.3) is 0 Å². The van der Waals surface area contributed by atoms with Crippen molar-refractivity contribution in [1.82, 2.24) is 9.62 Å². The van der Waals surface area contributed by atoms with Crippen LogP contribution in [-0.2, 0) is 15.0 Å². The van der Waals surface area contributed by atoms with Crippen LogP contribution in [0.1, 0.15) is 32.1 Å². The second-order valence-corrected chi connectivity index (χ2v) is 7.97. The normalized spacial score (nSPS) is 20.9. The quantitative estimate of drug-likeness (QED) is 0.820. The summed E-state index contributed by atoms with van der Waals surface area (Å²) in [4.78, 5) is 5.88. The molecule has 2 saturated heterocycles. The molecule has 8 heteroatoms. The molecule has 0 atom stereocenters. The highest BCUT2D eigenvalue weighted by atomic mass is 32.2. The van der Waals surface area contributed by atoms with Crippen LogP contribution in [0.5, 0.6) is 0 Å². The Morgan fingerprint density at radius 3 is 2.33 bits per heavy atom. The number of nitrogens with zero attached hydrogens (tertiary/aromatic N) is 2. The summed E-state index contributed by atoms with van der Waals surface area (Å²) in [6, 6.07) is 5.38. The van der Waals surface area contributed by atoms with Gasteiger partial charge in [-0.3, -0.25) is 4.84 Å². The summed E-state index contributed by atoms with van der Waals surface area (Å²) < 4.78 is 41.8. The van der Waals surface area contributed by atoms with Crippen molar-refractivity contribution in [2.45, 2.75) is 38.2 Å². The van der Waals surface area contributed by atoms with Crippen LogP contribution in [0.2, 0.25) is 0 Å². The van der Waals surface area contributed by atoms with Crippen LogP contribution in [0.15, 0.2) is 24.3 Å². The summed E-state index contributed by atoms with van der Waals surface area (Å²) in [6.45, 7) is 2.59. The van der Waals surface area contributed by atoms with Gasteiger partial charge in [0.05, 0.1) is 11.8 Å². The highest BCUT2D eigenvalue weighted by Crippen LogP contribution is 2.26. The van der Waals surface area contributed by atoms with Gasteiger partial charge in [0, 0.05) is 13.1 Å². The maximum Gasteiger partial charge on any atom is 0.326 e. The molecule has 0 unspecified atom stereocenters. The molecule has 0 spiro atoms. The summed E-state index contributed by atoms with van der Waals surface area (Å²) in [6.07, 6.45) is 4.06. The Hall–Kier alpha value is -1.22. The molecule has 1 aromatic rings. The largest absolute Gasteiger partial charge is 0.326 e. The van der Waals surface area contributed by atoms with Gasteiger partial charge in [-0.1, -0.05) is 6.42 Å². The second-order valence-electron chi connectivity index (χ2n) is 6.23. The zero-order chi connectivity index (χ0) is 17.0. The lowest BCUT2D eigenvalue weighted by atomic mass is 10.1. The molecule has 134 valence electrons. The fourth-order valence-corrected chi connectivity index (χ4v) is 4.60. The van der Waals surface area contributed by atoms with E-state index in [-0.39, 0.29) is 6.10 Å². The number of halogens is 1. The fourth-order valence-electron chi connectivity index (χ4n) is 3.05. The van der Waals surface area contributed by atoms with Gasteiger partial charge in [0.1, 0.15) is 5.82 Å². The first kappa shape index (κ1) is 17.6. The molecular formula is C16H24FN3O3S. The van der Waals surface area contributed by atoms with Crippen molar-refractivity contribution < 1.29 is 17.6 Å². The minimum atomic E-state index is -3.79. The van der Waals surface area contributed by atoms with Gasteiger partial charge in [-0.05, 0) is 63.0 Å². The van der Waals surface area contributed by atoms with E-state index in [0.717, 1.165) is 49.7 Å². The van der Waals surface area contributed by atoms with E-state index in [1.54, 1.807) is 0 Å². The van der Waals surface area contributed by atoms with Crippen LogP contribution in [0, 0.1) is 5.82 Å². The molecule has 2 aliphatic rings. The minimum Gasteiger partial charge on any atom is -0.317 e. The molecule has 0 bridgehead atoms. The van der Waals surface area contributed by atoms with Crippen molar-refractivity contribution in [2.24, 2.45) is 0 Å². The number of nitrogens with one attached hydrogen (secondary N) is 1. The number of hydrogen-bond donors (Lipinski definition) is 1. The molecule has 0 amide bonds. The lowest BCUT2D eigenvalue weighted by Crippen LogP contribution is -2.48. The summed E-state index contributed by atoms with van der Waals surface area (Å²) in [5, 5.41) is 3.23. The van der Waals surface area contributed by atoms with E-state index in [1.165, 1.54) is 28.6 Å². The predicted molar refractivity (Wildman–Crippen MR) is 90.2 cm³/mol. The van der Waals surface area contributed by atoms with E-state index in [9.17, 15) is 12.8 Å². The van der Waals surface area contributed by atoms with Crippen molar-refractivity contribution >= 4 is 15.9 Å². The van der Waals surface area contributed by atoms with Gasteiger partial charge >= 0.3 is 10.2 Å². The Balaban J connectivity index is 1.86. The Morgan fingerprint density at radius 2 is 1.71 bits per heavy atom. The summed E-state index contributed by atoms with van der Waals surface area (Å²) in [7, 11) is -3.79. The number of hydrogen-bond acceptors (Lipinski definition) is 4. The van der Waals surface area contributed by atoms with Gasteiger partial charge in [0.25, 0.3) is 0 Å². The molecule has 2 fully saturated rings. The van der Waals surface area contributed by atoms with Gasteiger partial charge in [0.15, 0.2) is 0 Å². The average molecular weight is 357 g/mol. The first-order chi connectivity index (χ1) is 11.6. The van der Waals surface area contributed by atoms with Gasteiger partial charge < -0.3 is 5.32 Å². The SMILES string of the molecule is O=S(=O)(N1CCCCC1)N(OC1CCNCC1)c1ccc(F)cc1. The monoisotopic (exact) mass is 357 g/mol. The number of rotatable bonds is 5. The van der Waals surface area contributed by atoms with E-state index < -0.39 is 16.0 Å². The molecule has 1 N–H and O–H groups in total. The lowest BCUT2D eigenvalue weighted by molar-refractivity contribution is 0.0400. The van der Waals surface area contributed by atoms with Gasteiger partial charge in [-0.25, -0.2) is 4.39 Å². The number of piperidine rings is 2. The molecule has 6 nitrogen and oxygen atoms in total. The Bertz CT molecular complexity index is 626. The second kappa shape index (κ2) is 7.77. The van der Waals surface area contributed by atoms with Crippen molar-refractivity contribution in [3.8, 4) is 0 Å². The predicted octanol–water partition coefficient (Wildman–Crippen LogP) is 2.05. The maximum absolute atomic E-state index is 13.2. The molecule has 0 aliphatic carbocycles. The third kappa shape index (κ3) is 4.05. The van der Waals surface area contributed by atoms with Crippen molar-refractivity contribution in [1.29, 1.82) is 0 Å². The summed E-state index contributed by atoms with van der Waals surface area (Å²) in [5.74, 6) is -0.407. The standard InChI is InChI=1S/C16H24FN3O3S/c17-14-4-6-15(7-5-14)20(23-16-8-10-18-11-9-16)24(21,22)19-12-2-1-3-13-19/h4-7,16,18H,1-3,8-13H2. The highest BCUT2D eigenvalue weighted by molar-refractivity contribution is 7.90. The Kier molecular flexibility index (Phi) is 5.70. The maximum atomic E-state index is 13.2. The molecule has 3 rings (SSSR count). The first-order valence-corrected chi connectivity index (χ1v) is 9.90. The molecule has 24 heavy (non-hydrogen) atoms. The third-order valence-corrected chi connectivity index (χ3v) is 6.15. The zero-order valence-corrected chi connectivity index (χ0v) is 14.5. The van der Waals surface area contributed by atoms with Crippen LogP contribution in [0.3, 0.4) is 0 Å². The Morgan fingerprint density at radius 1 is 1.08 bits per heavy atom. The summed E-state index contributed by atoms with van der Waals surface area (Å²) in [5.41, 5.74) is 0.334. The third-order valence-electron chi connectivity index (χ3n) is 4.42. The van der Waals surface area contributed by atoms with E-state index in [1.807, 2.05) is 0 Å². The molecule has 2 aliphatic heterocycles. The molecule has 0 radical (unpaired) electrons. The molecule has 1 aromatic carbocycles. The molecular weight excluding hydrogens is 333 g/mol. The molecule has 0 saturated carbocycles. The van der Waals surface area contributed by atoms with Gasteiger partial charge in [-0.15, -0.1) is 4.47 Å². The Labute approximate surface area is 142 Å².